The average Bonchev–Trinajstić information content (AvgIpc) is 3.21. The second-order valence-corrected chi connectivity index (χ2v) is 10.8. The zero-order valence-corrected chi connectivity index (χ0v) is 22.2. The number of ether oxygens (including phenoxy) is 2. The van der Waals surface area contributed by atoms with E-state index in [0.29, 0.717) is 0 Å². The summed E-state index contributed by atoms with van der Waals surface area (Å²) in [7, 11) is 1.54. The number of rotatable bonds is 3. The van der Waals surface area contributed by atoms with Gasteiger partial charge in [0.1, 0.15) is 12.2 Å². The van der Waals surface area contributed by atoms with E-state index >= 15 is 0 Å². The molecule has 0 spiro atoms. The maximum Gasteiger partial charge on any atom is 0.437 e. The fourth-order valence-electron chi connectivity index (χ4n) is 4.44. The van der Waals surface area contributed by atoms with E-state index < -0.39 is 29.2 Å². The van der Waals surface area contributed by atoms with Gasteiger partial charge in [-0.05, 0) is 44.0 Å². The number of likely N-dealkylation sites (tertiary alicyclic amines) is 1. The van der Waals surface area contributed by atoms with Gasteiger partial charge in [0.25, 0.3) is 0 Å². The Morgan fingerprint density at radius 3 is 2.56 bits per heavy atom. The van der Waals surface area contributed by atoms with Crippen LogP contribution in [0.1, 0.15) is 31.9 Å². The average molecular weight is 557 g/mol. The third-order valence-electron chi connectivity index (χ3n) is 6.11. The van der Waals surface area contributed by atoms with Gasteiger partial charge in [-0.2, -0.15) is 0 Å². The molecule has 3 amide bonds. The van der Waals surface area contributed by atoms with Gasteiger partial charge in [-0.1, -0.05) is 58.4 Å². The van der Waals surface area contributed by atoms with Crippen LogP contribution in [0.2, 0.25) is 0 Å². The summed E-state index contributed by atoms with van der Waals surface area (Å²) in [6.45, 7) is 5.64. The SMILES string of the molecule is CN1C(=O)C2CN(C(=O)OCc3ccccc3)CC2(c2cccc(Br)c2)N/C1=N\C(=O)OC(C)(C)C. The second kappa shape index (κ2) is 9.93. The number of benzene rings is 2. The minimum absolute atomic E-state index is 0.0602. The van der Waals surface area contributed by atoms with E-state index in [-0.39, 0.29) is 31.6 Å². The first-order chi connectivity index (χ1) is 17.0. The van der Waals surface area contributed by atoms with Crippen molar-refractivity contribution in [3.63, 3.8) is 0 Å². The van der Waals surface area contributed by atoms with Gasteiger partial charge in [0.15, 0.2) is 0 Å². The van der Waals surface area contributed by atoms with Crippen LogP contribution in [0.3, 0.4) is 0 Å². The Morgan fingerprint density at radius 2 is 1.89 bits per heavy atom. The summed E-state index contributed by atoms with van der Waals surface area (Å²) in [6, 6.07) is 16.9. The predicted molar refractivity (Wildman–Crippen MR) is 137 cm³/mol. The highest BCUT2D eigenvalue weighted by atomic mass is 79.9. The van der Waals surface area contributed by atoms with Gasteiger partial charge in [-0.15, -0.1) is 4.99 Å². The minimum atomic E-state index is -1.01. The molecule has 0 aromatic heterocycles. The molecule has 2 heterocycles. The molecule has 0 bridgehead atoms. The zero-order chi connectivity index (χ0) is 26.1. The standard InChI is InChI=1S/C26H29BrN4O5/c1-25(2,3)36-23(33)28-22-29-26(18-11-8-12-19(27)13-18)16-31(14-20(26)21(32)30(22)4)24(34)35-15-17-9-6-5-7-10-17/h5-13,20H,14-16H2,1-4H3,(H,28,29,33). The van der Waals surface area contributed by atoms with Crippen LogP contribution in [0, 0.1) is 5.92 Å². The fraction of sp³-hybridized carbons (Fsp3) is 0.385. The van der Waals surface area contributed by atoms with Crippen molar-refractivity contribution >= 4 is 40.0 Å². The maximum absolute atomic E-state index is 13.6. The van der Waals surface area contributed by atoms with Crippen molar-refractivity contribution in [2.24, 2.45) is 10.9 Å². The summed E-state index contributed by atoms with van der Waals surface area (Å²) >= 11 is 3.50. The molecule has 2 unspecified atom stereocenters. The van der Waals surface area contributed by atoms with Crippen LogP contribution < -0.4 is 5.32 Å². The van der Waals surface area contributed by atoms with E-state index in [1.165, 1.54) is 9.80 Å². The van der Waals surface area contributed by atoms with Crippen molar-refractivity contribution < 1.29 is 23.9 Å². The zero-order valence-electron chi connectivity index (χ0n) is 20.7. The normalized spacial score (nSPS) is 22.8. The Kier molecular flexibility index (Phi) is 7.08. The molecule has 4 rings (SSSR count). The molecule has 1 N–H and O–H groups in total. The summed E-state index contributed by atoms with van der Waals surface area (Å²) in [6.07, 6.45) is -1.34. The Hall–Kier alpha value is -3.40. The number of hydrogen-bond acceptors (Lipinski definition) is 5. The largest absolute Gasteiger partial charge is 0.445 e. The van der Waals surface area contributed by atoms with E-state index in [0.717, 1.165) is 15.6 Å². The third-order valence-corrected chi connectivity index (χ3v) is 6.61. The molecule has 36 heavy (non-hydrogen) atoms. The van der Waals surface area contributed by atoms with Gasteiger partial charge in [-0.3, -0.25) is 9.69 Å². The van der Waals surface area contributed by atoms with E-state index in [1.807, 2.05) is 54.6 Å². The molecule has 2 aliphatic rings. The first kappa shape index (κ1) is 25.7. The number of nitrogens with zero attached hydrogens (tertiary/aromatic N) is 3. The molecule has 2 aromatic rings. The third kappa shape index (κ3) is 5.38. The topological polar surface area (TPSA) is 101 Å². The second-order valence-electron chi connectivity index (χ2n) is 9.89. The lowest BCUT2D eigenvalue weighted by atomic mass is 9.78. The molecule has 0 saturated carbocycles. The van der Waals surface area contributed by atoms with Crippen molar-refractivity contribution in [3.05, 3.63) is 70.2 Å². The molecule has 10 heteroatoms. The summed E-state index contributed by atoms with van der Waals surface area (Å²) in [5.41, 5.74) is -0.112. The molecule has 190 valence electrons. The van der Waals surface area contributed by atoms with Crippen LogP contribution >= 0.6 is 15.9 Å². The van der Waals surface area contributed by atoms with Crippen molar-refractivity contribution in [2.75, 3.05) is 20.1 Å². The Labute approximate surface area is 218 Å². The molecular formula is C26H29BrN4O5. The van der Waals surface area contributed by atoms with Crippen molar-refractivity contribution in [2.45, 2.75) is 38.5 Å². The van der Waals surface area contributed by atoms with Crippen LogP contribution in [0.4, 0.5) is 9.59 Å². The van der Waals surface area contributed by atoms with Crippen molar-refractivity contribution in [1.82, 2.24) is 15.1 Å². The van der Waals surface area contributed by atoms with E-state index in [2.05, 4.69) is 26.2 Å². The number of guanidine groups is 1. The highest BCUT2D eigenvalue weighted by Gasteiger charge is 2.57. The highest BCUT2D eigenvalue weighted by Crippen LogP contribution is 2.41. The maximum atomic E-state index is 13.6. The molecule has 2 fully saturated rings. The number of hydrogen-bond donors (Lipinski definition) is 1. The summed E-state index contributed by atoms with van der Waals surface area (Å²) in [4.78, 5) is 45.9. The number of aliphatic imine (C=N–C) groups is 1. The smallest absolute Gasteiger partial charge is 0.437 e. The van der Waals surface area contributed by atoms with Crippen LogP contribution in [-0.4, -0.2) is 59.6 Å². The minimum Gasteiger partial charge on any atom is -0.445 e. The molecule has 2 saturated heterocycles. The highest BCUT2D eigenvalue weighted by molar-refractivity contribution is 9.10. The van der Waals surface area contributed by atoms with Gasteiger partial charge in [0, 0.05) is 18.1 Å². The molecule has 2 aliphatic heterocycles. The van der Waals surface area contributed by atoms with E-state index in [1.54, 1.807) is 27.8 Å². The van der Waals surface area contributed by atoms with E-state index in [9.17, 15) is 14.4 Å². The monoisotopic (exact) mass is 556 g/mol. The first-order valence-electron chi connectivity index (χ1n) is 11.6. The van der Waals surface area contributed by atoms with Crippen LogP contribution in [0.25, 0.3) is 0 Å². The molecular weight excluding hydrogens is 528 g/mol. The molecule has 0 aliphatic carbocycles. The number of carbonyl (C=O) groups excluding carboxylic acids is 3. The quantitative estimate of drug-likeness (QED) is 0.606. The fourth-order valence-corrected chi connectivity index (χ4v) is 4.84. The van der Waals surface area contributed by atoms with E-state index in [4.69, 9.17) is 9.47 Å². The lowest BCUT2D eigenvalue weighted by molar-refractivity contribution is -0.134. The van der Waals surface area contributed by atoms with Crippen LogP contribution in [0.15, 0.2) is 64.1 Å². The van der Waals surface area contributed by atoms with Crippen molar-refractivity contribution in [1.29, 1.82) is 0 Å². The Bertz CT molecular complexity index is 1200. The summed E-state index contributed by atoms with van der Waals surface area (Å²) in [5.74, 6) is -0.835. The molecule has 2 aromatic carbocycles. The number of halogens is 1. The Morgan fingerprint density at radius 1 is 1.17 bits per heavy atom. The molecule has 9 nitrogen and oxygen atoms in total. The lowest BCUT2D eigenvalue weighted by Crippen LogP contribution is -2.65. The predicted octanol–water partition coefficient (Wildman–Crippen LogP) is 4.27. The molecule has 2 atom stereocenters. The number of amides is 3. The lowest BCUT2D eigenvalue weighted by Gasteiger charge is -2.43. The Balaban J connectivity index is 1.65. The van der Waals surface area contributed by atoms with Gasteiger partial charge >= 0.3 is 12.2 Å². The van der Waals surface area contributed by atoms with Gasteiger partial charge in [0.05, 0.1) is 18.0 Å². The summed E-state index contributed by atoms with van der Waals surface area (Å²) in [5, 5.41) is 3.31. The van der Waals surface area contributed by atoms with Gasteiger partial charge < -0.3 is 19.7 Å². The number of fused-ring (bicyclic) bond motifs is 1. The van der Waals surface area contributed by atoms with Gasteiger partial charge in [-0.25, -0.2) is 9.59 Å². The molecule has 0 radical (unpaired) electrons. The van der Waals surface area contributed by atoms with Crippen LogP contribution in [0.5, 0.6) is 0 Å². The number of carbonyl (C=O) groups is 3. The van der Waals surface area contributed by atoms with Crippen LogP contribution in [-0.2, 0) is 26.4 Å². The van der Waals surface area contributed by atoms with Gasteiger partial charge in [0.2, 0.25) is 11.9 Å². The number of nitrogens with one attached hydrogen (secondary N) is 1. The first-order valence-corrected chi connectivity index (χ1v) is 12.4. The summed E-state index contributed by atoms with van der Waals surface area (Å²) < 4.78 is 11.7. The van der Waals surface area contributed by atoms with Crippen molar-refractivity contribution in [3.8, 4) is 0 Å².